The van der Waals surface area contributed by atoms with Gasteiger partial charge in [0.25, 0.3) is 11.8 Å². The molecule has 0 saturated carbocycles. The van der Waals surface area contributed by atoms with Crippen LogP contribution in [-0.4, -0.2) is 83.2 Å². The minimum atomic E-state index is -1.20. The average molecular weight is 525 g/mol. The molecule has 2 aliphatic rings. The molecule has 0 aromatic carbocycles. The number of thioether (sulfide) groups is 2. The number of nitrogens with zero attached hydrogens (tertiary/aromatic N) is 5. The highest BCUT2D eigenvalue weighted by atomic mass is 32.2. The number of aromatic amines is 1. The summed E-state index contributed by atoms with van der Waals surface area (Å²) in [6.45, 7) is 1.93. The molecule has 0 spiro atoms. The molecule has 3 atom stereocenters. The third-order valence-electron chi connectivity index (χ3n) is 5.06. The van der Waals surface area contributed by atoms with Crippen LogP contribution in [0.1, 0.15) is 19.0 Å². The van der Waals surface area contributed by atoms with Crippen LogP contribution < -0.4 is 11.1 Å². The number of nitrogens with two attached hydrogens (primary N) is 1. The maximum Gasteiger partial charge on any atom is 0.352 e. The number of nitrogens with one attached hydrogen (secondary N) is 2. The lowest BCUT2D eigenvalue weighted by molar-refractivity contribution is -0.150. The lowest BCUT2D eigenvalue weighted by atomic mass is 10.0. The highest BCUT2D eigenvalue weighted by molar-refractivity contribution is 8.01. The van der Waals surface area contributed by atoms with E-state index in [2.05, 4.69) is 30.6 Å². The molecule has 2 aliphatic heterocycles. The van der Waals surface area contributed by atoms with Crippen LogP contribution >= 0.6 is 34.9 Å². The summed E-state index contributed by atoms with van der Waals surface area (Å²) in [4.78, 5) is 50.9. The van der Waals surface area contributed by atoms with Crippen molar-refractivity contribution in [3.05, 3.63) is 28.7 Å². The number of thiazole rings is 1. The number of anilines is 1. The molecule has 0 radical (unpaired) electrons. The van der Waals surface area contributed by atoms with Crippen LogP contribution in [0.15, 0.2) is 33.3 Å². The molecular formula is C18H20N8O5S3. The largest absolute Gasteiger partial charge is 0.477 e. The van der Waals surface area contributed by atoms with Crippen molar-refractivity contribution in [1.82, 2.24) is 30.4 Å². The normalized spacial score (nSPS) is 21.1. The second kappa shape index (κ2) is 10.0. The summed E-state index contributed by atoms with van der Waals surface area (Å²) in [7, 11) is 1.28. The number of H-pyrrole nitrogens is 1. The van der Waals surface area contributed by atoms with Gasteiger partial charge in [0, 0.05) is 16.4 Å². The Hall–Kier alpha value is -3.11. The molecule has 0 aliphatic carbocycles. The first kappa shape index (κ1) is 24.0. The number of rotatable bonds is 9. The monoisotopic (exact) mass is 524 g/mol. The minimum Gasteiger partial charge on any atom is -0.477 e. The first-order chi connectivity index (χ1) is 16.3. The van der Waals surface area contributed by atoms with Gasteiger partial charge in [-0.2, -0.15) is 0 Å². The van der Waals surface area contributed by atoms with E-state index in [9.17, 15) is 19.5 Å². The average Bonchev–Trinajstić information content (AvgIpc) is 3.49. The van der Waals surface area contributed by atoms with Crippen molar-refractivity contribution in [2.45, 2.75) is 35.2 Å². The van der Waals surface area contributed by atoms with Gasteiger partial charge >= 0.3 is 5.97 Å². The van der Waals surface area contributed by atoms with Crippen molar-refractivity contribution in [1.29, 1.82) is 0 Å². The maximum absolute atomic E-state index is 13.0. The van der Waals surface area contributed by atoms with E-state index in [4.69, 9.17) is 10.6 Å². The Morgan fingerprint density at radius 3 is 2.91 bits per heavy atom. The summed E-state index contributed by atoms with van der Waals surface area (Å²) < 4.78 is 0. The van der Waals surface area contributed by atoms with Crippen LogP contribution in [0.2, 0.25) is 0 Å². The van der Waals surface area contributed by atoms with Crippen LogP contribution in [0.4, 0.5) is 5.13 Å². The molecule has 1 saturated heterocycles. The van der Waals surface area contributed by atoms with Crippen molar-refractivity contribution in [3.8, 4) is 0 Å². The molecule has 1 fully saturated rings. The van der Waals surface area contributed by atoms with Crippen LogP contribution in [-0.2, 0) is 19.2 Å². The van der Waals surface area contributed by atoms with Crippen LogP contribution in [0.5, 0.6) is 0 Å². The van der Waals surface area contributed by atoms with Crippen molar-refractivity contribution in [2.75, 3.05) is 18.6 Å². The van der Waals surface area contributed by atoms with Crippen molar-refractivity contribution in [3.63, 3.8) is 0 Å². The molecule has 16 heteroatoms. The lowest BCUT2D eigenvalue weighted by Gasteiger charge is -2.50. The SMILES string of the molecule is CCC(Sc1nnc[nH]1)C1=C(C(=O)O)N2C(=O)[C@@H](NC(=O)C(=NOC)c3csc(N)n3)[C@@H]2SC1. The molecule has 2 aromatic rings. The topological polar surface area (TPSA) is 189 Å². The molecule has 2 amide bonds. The number of carbonyl (C=O) groups is 3. The van der Waals surface area contributed by atoms with Gasteiger partial charge in [0.1, 0.15) is 36.2 Å². The minimum absolute atomic E-state index is 0.0591. The van der Waals surface area contributed by atoms with E-state index < -0.39 is 29.2 Å². The number of hydrogen-bond acceptors (Lipinski definition) is 12. The number of carboxylic acids is 1. The Bertz CT molecular complexity index is 1160. The lowest BCUT2D eigenvalue weighted by Crippen LogP contribution is -2.71. The maximum atomic E-state index is 13.0. The number of hydrogen-bond donors (Lipinski definition) is 4. The predicted molar refractivity (Wildman–Crippen MR) is 126 cm³/mol. The van der Waals surface area contributed by atoms with Gasteiger partial charge < -0.3 is 26.0 Å². The Morgan fingerprint density at radius 2 is 2.32 bits per heavy atom. The van der Waals surface area contributed by atoms with E-state index in [1.807, 2.05) is 6.92 Å². The standard InChI is InChI=1S/C18H20N8O5S3/c1-3-9(34-18-20-6-21-24-18)7-4-32-15-11(14(28)26(15)12(7)16(29)30)23-13(27)10(25-31-2)8-5-33-17(19)22-8/h5-6,9,11,15H,3-4H2,1-2H3,(H2,19,22)(H,23,27)(H,29,30)(H,20,21,24)/t9?,11-,15+/m1/s1. The van der Waals surface area contributed by atoms with Crippen LogP contribution in [0.25, 0.3) is 0 Å². The zero-order valence-electron chi connectivity index (χ0n) is 17.9. The fourth-order valence-electron chi connectivity index (χ4n) is 3.58. The molecule has 5 N–H and O–H groups in total. The van der Waals surface area contributed by atoms with Gasteiger partial charge in [0.15, 0.2) is 16.0 Å². The molecule has 180 valence electrons. The second-order valence-corrected chi connectivity index (χ2v) is 10.2. The molecule has 4 rings (SSSR count). The first-order valence-electron chi connectivity index (χ1n) is 9.92. The van der Waals surface area contributed by atoms with Gasteiger partial charge in [-0.25, -0.2) is 9.78 Å². The number of carboxylic acid groups (broad SMARTS) is 1. The summed E-state index contributed by atoms with van der Waals surface area (Å²) in [5, 5.41) is 25.6. The number of aromatic nitrogens is 4. The van der Waals surface area contributed by atoms with E-state index in [1.165, 1.54) is 41.9 Å². The van der Waals surface area contributed by atoms with E-state index in [0.29, 0.717) is 22.9 Å². The fourth-order valence-corrected chi connectivity index (χ4v) is 6.64. The third-order valence-corrected chi connectivity index (χ3v) is 8.36. The smallest absolute Gasteiger partial charge is 0.352 e. The molecule has 34 heavy (non-hydrogen) atoms. The molecule has 4 heterocycles. The Morgan fingerprint density at radius 1 is 1.53 bits per heavy atom. The highest BCUT2D eigenvalue weighted by Gasteiger charge is 2.55. The summed E-state index contributed by atoms with van der Waals surface area (Å²) in [5.41, 5.74) is 6.28. The number of nitrogen functional groups attached to an aromatic ring is 1. The molecule has 0 bridgehead atoms. The number of amides is 2. The van der Waals surface area contributed by atoms with Gasteiger partial charge in [-0.3, -0.25) is 14.5 Å². The quantitative estimate of drug-likeness (QED) is 0.155. The third kappa shape index (κ3) is 4.47. The van der Waals surface area contributed by atoms with Gasteiger partial charge in [0.05, 0.1) is 0 Å². The molecule has 2 aromatic heterocycles. The highest BCUT2D eigenvalue weighted by Crippen LogP contribution is 2.44. The summed E-state index contributed by atoms with van der Waals surface area (Å²) in [6, 6.07) is -0.923. The number of aliphatic carboxylic acids is 1. The molecular weight excluding hydrogens is 504 g/mol. The summed E-state index contributed by atoms with van der Waals surface area (Å²) in [6.07, 6.45) is 2.07. The first-order valence-corrected chi connectivity index (χ1v) is 12.7. The van der Waals surface area contributed by atoms with E-state index >= 15 is 0 Å². The van der Waals surface area contributed by atoms with Gasteiger partial charge in [-0.15, -0.1) is 33.3 Å². The Balaban J connectivity index is 1.54. The van der Waals surface area contributed by atoms with Gasteiger partial charge in [-0.05, 0) is 12.0 Å². The van der Waals surface area contributed by atoms with Crippen molar-refractivity contribution < 1.29 is 24.3 Å². The number of oxime groups is 1. The van der Waals surface area contributed by atoms with Crippen molar-refractivity contribution >= 4 is 63.5 Å². The second-order valence-electron chi connectivity index (χ2n) is 7.04. The zero-order valence-corrected chi connectivity index (χ0v) is 20.4. The van der Waals surface area contributed by atoms with Gasteiger partial charge in [-0.1, -0.05) is 23.8 Å². The zero-order chi connectivity index (χ0) is 24.4. The van der Waals surface area contributed by atoms with Gasteiger partial charge in [0.2, 0.25) is 0 Å². The van der Waals surface area contributed by atoms with Crippen LogP contribution in [0, 0.1) is 0 Å². The Kier molecular flexibility index (Phi) is 7.08. The van der Waals surface area contributed by atoms with E-state index in [-0.39, 0.29) is 27.5 Å². The number of fused-ring (bicyclic) bond motifs is 1. The molecule has 1 unspecified atom stereocenters. The summed E-state index contributed by atoms with van der Waals surface area (Å²) >= 11 is 3.87. The Labute approximate surface area is 205 Å². The van der Waals surface area contributed by atoms with Crippen molar-refractivity contribution in [2.24, 2.45) is 5.16 Å². The number of β-lactam (4-membered cyclic amide) rings is 1. The fraction of sp³-hybridized carbons (Fsp3) is 0.389. The molecule has 13 nitrogen and oxygen atoms in total. The predicted octanol–water partition coefficient (Wildman–Crippen LogP) is 0.503. The summed E-state index contributed by atoms with van der Waals surface area (Å²) in [5.74, 6) is -2.02. The number of carbonyl (C=O) groups excluding carboxylic acids is 2. The van der Waals surface area contributed by atoms with E-state index in [1.54, 1.807) is 5.38 Å². The van der Waals surface area contributed by atoms with Crippen LogP contribution in [0.3, 0.4) is 0 Å². The van der Waals surface area contributed by atoms with E-state index in [0.717, 1.165) is 11.3 Å².